The molecule has 2 aromatic rings. The molecule has 0 saturated heterocycles. The molecule has 0 aliphatic carbocycles. The van der Waals surface area contributed by atoms with Crippen LogP contribution in [0.3, 0.4) is 0 Å². The summed E-state index contributed by atoms with van der Waals surface area (Å²) < 4.78 is 0. The molecule has 0 atom stereocenters. The molecule has 0 aliphatic heterocycles. The molecule has 0 unspecified atom stereocenters. The van der Waals surface area contributed by atoms with Crippen LogP contribution in [-0.2, 0) is 4.79 Å². The van der Waals surface area contributed by atoms with Gasteiger partial charge in [0.15, 0.2) is 5.78 Å². The fraction of sp³-hybridized carbons (Fsp3) is 0.250. The van der Waals surface area contributed by atoms with Gasteiger partial charge in [-0.1, -0.05) is 50.2 Å². The van der Waals surface area contributed by atoms with Crippen LogP contribution in [0, 0.1) is 5.92 Å². The number of benzene rings is 2. The maximum absolute atomic E-state index is 11.8. The zero-order valence-electron chi connectivity index (χ0n) is 11.6. The van der Waals surface area contributed by atoms with Crippen molar-refractivity contribution < 1.29 is 9.59 Å². The van der Waals surface area contributed by atoms with E-state index in [0.717, 1.165) is 16.5 Å². The lowest BCUT2D eigenvalue weighted by Crippen LogP contribution is -2.34. The molecule has 2 N–H and O–H groups in total. The van der Waals surface area contributed by atoms with Crippen molar-refractivity contribution in [2.75, 3.05) is 11.9 Å². The number of hydrogen-bond acceptors (Lipinski definition) is 2. The molecule has 2 aromatic carbocycles. The number of carbonyl (C=O) groups is 2. The van der Waals surface area contributed by atoms with Gasteiger partial charge in [-0.05, 0) is 11.5 Å². The second kappa shape index (κ2) is 6.19. The topological polar surface area (TPSA) is 58.2 Å². The Kier molecular flexibility index (Phi) is 4.35. The van der Waals surface area contributed by atoms with Crippen LogP contribution in [0.1, 0.15) is 13.8 Å². The molecule has 0 heterocycles. The predicted molar refractivity (Wildman–Crippen MR) is 80.8 cm³/mol. The number of fused-ring (bicyclic) bond motifs is 1. The van der Waals surface area contributed by atoms with E-state index in [1.807, 2.05) is 56.3 Å². The highest BCUT2D eigenvalue weighted by Gasteiger charge is 2.10. The van der Waals surface area contributed by atoms with Crippen molar-refractivity contribution in [3.8, 4) is 0 Å². The summed E-state index contributed by atoms with van der Waals surface area (Å²) in [5.41, 5.74) is 0.734. The zero-order valence-corrected chi connectivity index (χ0v) is 11.6. The molecule has 0 spiro atoms. The van der Waals surface area contributed by atoms with E-state index in [2.05, 4.69) is 10.6 Å². The molecule has 0 bridgehead atoms. The minimum absolute atomic E-state index is 0.0121. The van der Waals surface area contributed by atoms with Gasteiger partial charge in [0.05, 0.1) is 12.2 Å². The van der Waals surface area contributed by atoms with Gasteiger partial charge in [0.25, 0.3) is 0 Å². The van der Waals surface area contributed by atoms with E-state index in [1.54, 1.807) is 0 Å². The first-order chi connectivity index (χ1) is 9.58. The second-order valence-electron chi connectivity index (χ2n) is 4.96. The number of ketones is 1. The molecule has 0 saturated carbocycles. The van der Waals surface area contributed by atoms with Crippen LogP contribution in [0.25, 0.3) is 10.8 Å². The molecule has 0 radical (unpaired) electrons. The van der Waals surface area contributed by atoms with Gasteiger partial charge in [-0.2, -0.15) is 0 Å². The zero-order chi connectivity index (χ0) is 14.5. The van der Waals surface area contributed by atoms with Crippen LogP contribution >= 0.6 is 0 Å². The van der Waals surface area contributed by atoms with Crippen LogP contribution in [0.15, 0.2) is 42.5 Å². The Labute approximate surface area is 118 Å². The van der Waals surface area contributed by atoms with Gasteiger partial charge in [0.1, 0.15) is 0 Å². The van der Waals surface area contributed by atoms with E-state index in [1.165, 1.54) is 0 Å². The summed E-state index contributed by atoms with van der Waals surface area (Å²) in [4.78, 5) is 23.3. The molecule has 20 heavy (non-hydrogen) atoms. The van der Waals surface area contributed by atoms with Gasteiger partial charge in [0, 0.05) is 11.3 Å². The lowest BCUT2D eigenvalue weighted by Gasteiger charge is -2.10. The Hall–Kier alpha value is -2.36. The number of amides is 2. The molecule has 104 valence electrons. The first kappa shape index (κ1) is 14.1. The maximum Gasteiger partial charge on any atom is 0.319 e. The van der Waals surface area contributed by atoms with E-state index >= 15 is 0 Å². The van der Waals surface area contributed by atoms with Crippen LogP contribution in [0.4, 0.5) is 10.5 Å². The van der Waals surface area contributed by atoms with Gasteiger partial charge < -0.3 is 10.6 Å². The summed E-state index contributed by atoms with van der Waals surface area (Å²) >= 11 is 0. The Morgan fingerprint density at radius 2 is 1.75 bits per heavy atom. The Balaban J connectivity index is 2.05. The second-order valence-corrected chi connectivity index (χ2v) is 4.96. The molecule has 2 amide bonds. The molecule has 4 heteroatoms. The number of hydrogen-bond donors (Lipinski definition) is 2. The SMILES string of the molecule is CC(C)C(=O)CNC(=O)Nc1cccc2ccccc12. The van der Waals surface area contributed by atoms with Crippen molar-refractivity contribution >= 4 is 28.3 Å². The number of rotatable bonds is 4. The number of anilines is 1. The van der Waals surface area contributed by atoms with Gasteiger partial charge in [-0.3, -0.25) is 4.79 Å². The highest BCUT2D eigenvalue weighted by atomic mass is 16.2. The molecule has 0 aromatic heterocycles. The normalized spacial score (nSPS) is 10.6. The monoisotopic (exact) mass is 270 g/mol. The number of urea groups is 1. The summed E-state index contributed by atoms with van der Waals surface area (Å²) in [5.74, 6) is -0.0640. The lowest BCUT2D eigenvalue weighted by atomic mass is 10.1. The van der Waals surface area contributed by atoms with E-state index < -0.39 is 0 Å². The molecular formula is C16H18N2O2. The Morgan fingerprint density at radius 3 is 2.50 bits per heavy atom. The molecular weight excluding hydrogens is 252 g/mol. The third-order valence-electron chi connectivity index (χ3n) is 3.10. The van der Waals surface area contributed by atoms with Crippen molar-refractivity contribution in [1.29, 1.82) is 0 Å². The van der Waals surface area contributed by atoms with Crippen molar-refractivity contribution in [3.63, 3.8) is 0 Å². The van der Waals surface area contributed by atoms with Crippen molar-refractivity contribution in [1.82, 2.24) is 5.32 Å². The van der Waals surface area contributed by atoms with E-state index in [-0.39, 0.29) is 24.3 Å². The van der Waals surface area contributed by atoms with Crippen LogP contribution in [-0.4, -0.2) is 18.4 Å². The highest BCUT2D eigenvalue weighted by molar-refractivity contribution is 6.02. The molecule has 2 rings (SSSR count). The summed E-state index contributed by atoms with van der Waals surface area (Å²) in [5, 5.41) is 7.39. The fourth-order valence-electron chi connectivity index (χ4n) is 1.87. The summed E-state index contributed by atoms with van der Waals surface area (Å²) in [7, 11) is 0. The molecule has 0 fully saturated rings. The average Bonchev–Trinajstić information content (AvgIpc) is 2.45. The minimum atomic E-state index is -0.365. The summed E-state index contributed by atoms with van der Waals surface area (Å²) in [6.45, 7) is 3.67. The molecule has 0 aliphatic rings. The van der Waals surface area contributed by atoms with E-state index in [0.29, 0.717) is 0 Å². The van der Waals surface area contributed by atoms with Crippen molar-refractivity contribution in [2.45, 2.75) is 13.8 Å². The largest absolute Gasteiger partial charge is 0.331 e. The van der Waals surface area contributed by atoms with Crippen molar-refractivity contribution in [2.24, 2.45) is 5.92 Å². The third kappa shape index (κ3) is 3.35. The van der Waals surface area contributed by atoms with E-state index in [4.69, 9.17) is 0 Å². The van der Waals surface area contributed by atoms with Gasteiger partial charge in [-0.15, -0.1) is 0 Å². The van der Waals surface area contributed by atoms with E-state index in [9.17, 15) is 9.59 Å². The van der Waals surface area contributed by atoms with Crippen LogP contribution in [0.2, 0.25) is 0 Å². The summed E-state index contributed by atoms with van der Waals surface area (Å²) in [6, 6.07) is 13.2. The molecule has 4 nitrogen and oxygen atoms in total. The number of Topliss-reactive ketones (excluding diaryl/α,β-unsaturated/α-hetero) is 1. The van der Waals surface area contributed by atoms with Gasteiger partial charge >= 0.3 is 6.03 Å². The first-order valence-electron chi connectivity index (χ1n) is 6.63. The Bertz CT molecular complexity index is 630. The van der Waals surface area contributed by atoms with Crippen LogP contribution < -0.4 is 10.6 Å². The maximum atomic E-state index is 11.8. The quantitative estimate of drug-likeness (QED) is 0.896. The van der Waals surface area contributed by atoms with Crippen LogP contribution in [0.5, 0.6) is 0 Å². The highest BCUT2D eigenvalue weighted by Crippen LogP contribution is 2.22. The minimum Gasteiger partial charge on any atom is -0.331 e. The van der Waals surface area contributed by atoms with Crippen molar-refractivity contribution in [3.05, 3.63) is 42.5 Å². The number of carbonyl (C=O) groups excluding carboxylic acids is 2. The predicted octanol–water partition coefficient (Wildman–Crippen LogP) is 3.19. The average molecular weight is 270 g/mol. The fourth-order valence-corrected chi connectivity index (χ4v) is 1.87. The first-order valence-corrected chi connectivity index (χ1v) is 6.63. The van der Waals surface area contributed by atoms with Gasteiger partial charge in [0.2, 0.25) is 0 Å². The number of nitrogens with one attached hydrogen (secondary N) is 2. The lowest BCUT2D eigenvalue weighted by molar-refractivity contribution is -0.120. The Morgan fingerprint density at radius 1 is 1.05 bits per heavy atom. The van der Waals surface area contributed by atoms with Gasteiger partial charge in [-0.25, -0.2) is 4.79 Å². The smallest absolute Gasteiger partial charge is 0.319 e. The third-order valence-corrected chi connectivity index (χ3v) is 3.10. The summed E-state index contributed by atoms with van der Waals surface area (Å²) in [6.07, 6.45) is 0. The standard InChI is InChI=1S/C16H18N2O2/c1-11(2)15(19)10-17-16(20)18-14-9-5-7-12-6-3-4-8-13(12)14/h3-9,11H,10H2,1-2H3,(H2,17,18,20).